The number of aromatic nitrogens is 1. The second-order valence-corrected chi connectivity index (χ2v) is 5.36. The largest absolute Gasteiger partial charge is 0.484 e. The van der Waals surface area contributed by atoms with Crippen molar-refractivity contribution in [3.8, 4) is 5.75 Å². The molecular weight excluding hydrogens is 290 g/mol. The van der Waals surface area contributed by atoms with E-state index < -0.39 is 0 Å². The summed E-state index contributed by atoms with van der Waals surface area (Å²) >= 11 is 0. The Morgan fingerprint density at radius 2 is 1.96 bits per heavy atom. The molecule has 0 spiro atoms. The van der Waals surface area contributed by atoms with Gasteiger partial charge in [-0.3, -0.25) is 4.79 Å². The van der Waals surface area contributed by atoms with Crippen LogP contribution in [0.1, 0.15) is 25.3 Å². The van der Waals surface area contributed by atoms with Crippen molar-refractivity contribution in [1.82, 2.24) is 4.98 Å². The van der Waals surface area contributed by atoms with Gasteiger partial charge in [-0.1, -0.05) is 31.0 Å². The molecule has 1 heterocycles. The van der Waals surface area contributed by atoms with Gasteiger partial charge in [0, 0.05) is 6.54 Å². The van der Waals surface area contributed by atoms with Crippen molar-refractivity contribution < 1.29 is 9.53 Å². The van der Waals surface area contributed by atoms with Crippen molar-refractivity contribution in [3.63, 3.8) is 0 Å². The maximum absolute atomic E-state index is 11.9. The Balaban J connectivity index is 1.77. The summed E-state index contributed by atoms with van der Waals surface area (Å²) in [5.74, 6) is 0.961. The molecule has 0 fully saturated rings. The van der Waals surface area contributed by atoms with Crippen LogP contribution in [0.4, 0.5) is 11.5 Å². The lowest BCUT2D eigenvalue weighted by Crippen LogP contribution is -2.20. The molecule has 2 aromatic rings. The summed E-state index contributed by atoms with van der Waals surface area (Å²) in [6, 6.07) is 11.3. The summed E-state index contributed by atoms with van der Waals surface area (Å²) in [5.41, 5.74) is 2.10. The summed E-state index contributed by atoms with van der Waals surface area (Å²) in [6.45, 7) is 5.04. The molecule has 0 atom stereocenters. The van der Waals surface area contributed by atoms with Gasteiger partial charge in [0.15, 0.2) is 6.61 Å². The van der Waals surface area contributed by atoms with Gasteiger partial charge in [0.25, 0.3) is 5.91 Å². The maximum Gasteiger partial charge on any atom is 0.263 e. The fraction of sp³-hybridized carbons (Fsp3) is 0.333. The van der Waals surface area contributed by atoms with Crippen molar-refractivity contribution in [2.24, 2.45) is 0 Å². The quantitative estimate of drug-likeness (QED) is 0.731. The number of nitrogens with zero attached hydrogens (tertiary/aromatic N) is 1. The molecule has 1 amide bonds. The number of anilines is 2. The van der Waals surface area contributed by atoms with Crippen LogP contribution in [-0.4, -0.2) is 24.0 Å². The number of unbranched alkanes of at least 4 members (excludes halogenated alkanes) is 1. The SMILES string of the molecule is CCCCNc1ccc(NC(=O)COc2ccc(C)cc2)nc1. The second kappa shape index (κ2) is 8.78. The Morgan fingerprint density at radius 3 is 2.61 bits per heavy atom. The molecule has 1 aromatic heterocycles. The molecule has 0 aliphatic rings. The smallest absolute Gasteiger partial charge is 0.263 e. The first kappa shape index (κ1) is 16.8. The van der Waals surface area contributed by atoms with E-state index in [1.807, 2.05) is 37.3 Å². The van der Waals surface area contributed by atoms with Crippen LogP contribution in [0, 0.1) is 6.92 Å². The van der Waals surface area contributed by atoms with Crippen LogP contribution in [-0.2, 0) is 4.79 Å². The van der Waals surface area contributed by atoms with E-state index in [4.69, 9.17) is 4.74 Å². The number of nitrogens with one attached hydrogen (secondary N) is 2. The lowest BCUT2D eigenvalue weighted by atomic mass is 10.2. The number of benzene rings is 1. The van der Waals surface area contributed by atoms with Gasteiger partial charge < -0.3 is 15.4 Å². The highest BCUT2D eigenvalue weighted by Gasteiger charge is 2.04. The third kappa shape index (κ3) is 5.98. The van der Waals surface area contributed by atoms with Crippen molar-refractivity contribution in [3.05, 3.63) is 48.2 Å². The van der Waals surface area contributed by atoms with Crippen LogP contribution in [0.25, 0.3) is 0 Å². The number of hydrogen-bond donors (Lipinski definition) is 2. The van der Waals surface area contributed by atoms with Gasteiger partial charge in [-0.05, 0) is 37.6 Å². The molecule has 5 heteroatoms. The van der Waals surface area contributed by atoms with E-state index in [-0.39, 0.29) is 12.5 Å². The second-order valence-electron chi connectivity index (χ2n) is 5.36. The molecule has 1 aromatic carbocycles. The minimum atomic E-state index is -0.232. The molecule has 2 N–H and O–H groups in total. The van der Waals surface area contributed by atoms with E-state index >= 15 is 0 Å². The molecule has 122 valence electrons. The zero-order valence-electron chi connectivity index (χ0n) is 13.6. The predicted molar refractivity (Wildman–Crippen MR) is 92.9 cm³/mol. The van der Waals surface area contributed by atoms with Crippen LogP contribution < -0.4 is 15.4 Å². The number of hydrogen-bond acceptors (Lipinski definition) is 4. The summed E-state index contributed by atoms with van der Waals surface area (Å²) in [6.07, 6.45) is 3.98. The van der Waals surface area contributed by atoms with Gasteiger partial charge in [0.2, 0.25) is 0 Å². The van der Waals surface area contributed by atoms with Gasteiger partial charge >= 0.3 is 0 Å². The van der Waals surface area contributed by atoms with Crippen LogP contribution in [0.3, 0.4) is 0 Å². The third-order valence-corrected chi connectivity index (χ3v) is 3.28. The normalized spacial score (nSPS) is 10.2. The first-order chi connectivity index (χ1) is 11.2. The summed E-state index contributed by atoms with van der Waals surface area (Å²) in [7, 11) is 0. The monoisotopic (exact) mass is 313 g/mol. The number of amides is 1. The van der Waals surface area contributed by atoms with E-state index in [0.29, 0.717) is 11.6 Å². The zero-order chi connectivity index (χ0) is 16.5. The van der Waals surface area contributed by atoms with E-state index in [2.05, 4.69) is 22.5 Å². The molecule has 0 saturated carbocycles. The van der Waals surface area contributed by atoms with Crippen LogP contribution >= 0.6 is 0 Å². The van der Waals surface area contributed by atoms with Gasteiger partial charge in [-0.15, -0.1) is 0 Å². The minimum absolute atomic E-state index is 0.0404. The Bertz CT molecular complexity index is 609. The number of ether oxygens (including phenoxy) is 1. The lowest BCUT2D eigenvalue weighted by molar-refractivity contribution is -0.118. The van der Waals surface area contributed by atoms with E-state index in [1.165, 1.54) is 0 Å². The van der Waals surface area contributed by atoms with Crippen LogP contribution in [0.5, 0.6) is 5.75 Å². The average Bonchev–Trinajstić information content (AvgIpc) is 2.56. The van der Waals surface area contributed by atoms with E-state index in [9.17, 15) is 4.79 Å². The molecule has 5 nitrogen and oxygen atoms in total. The highest BCUT2D eigenvalue weighted by molar-refractivity contribution is 5.91. The number of rotatable bonds is 8. The van der Waals surface area contributed by atoms with E-state index in [0.717, 1.165) is 30.6 Å². The topological polar surface area (TPSA) is 63.2 Å². The molecule has 0 aliphatic carbocycles. The maximum atomic E-state index is 11.9. The van der Waals surface area contributed by atoms with Crippen LogP contribution in [0.15, 0.2) is 42.6 Å². The number of pyridine rings is 1. The first-order valence-corrected chi connectivity index (χ1v) is 7.86. The van der Waals surface area contributed by atoms with Crippen LogP contribution in [0.2, 0.25) is 0 Å². The van der Waals surface area contributed by atoms with Gasteiger partial charge in [0.05, 0.1) is 11.9 Å². The van der Waals surface area contributed by atoms with Gasteiger partial charge in [-0.25, -0.2) is 4.98 Å². The number of carbonyl (C=O) groups excluding carboxylic acids is 1. The molecular formula is C18H23N3O2. The Kier molecular flexibility index (Phi) is 6.41. The van der Waals surface area contributed by atoms with Crippen molar-refractivity contribution in [1.29, 1.82) is 0 Å². The molecule has 0 bridgehead atoms. The zero-order valence-corrected chi connectivity index (χ0v) is 13.6. The summed E-state index contributed by atoms with van der Waals surface area (Å²) in [5, 5.41) is 5.99. The number of carbonyl (C=O) groups is 1. The van der Waals surface area contributed by atoms with Crippen molar-refractivity contribution in [2.75, 3.05) is 23.8 Å². The fourth-order valence-corrected chi connectivity index (χ4v) is 1.94. The molecule has 0 unspecified atom stereocenters. The summed E-state index contributed by atoms with van der Waals surface area (Å²) < 4.78 is 5.43. The van der Waals surface area contributed by atoms with Gasteiger partial charge in [-0.2, -0.15) is 0 Å². The first-order valence-electron chi connectivity index (χ1n) is 7.86. The van der Waals surface area contributed by atoms with E-state index in [1.54, 1.807) is 12.3 Å². The van der Waals surface area contributed by atoms with Crippen molar-refractivity contribution >= 4 is 17.4 Å². The molecule has 0 saturated heterocycles. The fourth-order valence-electron chi connectivity index (χ4n) is 1.94. The molecule has 0 aliphatic heterocycles. The Hall–Kier alpha value is -2.56. The Morgan fingerprint density at radius 1 is 1.17 bits per heavy atom. The lowest BCUT2D eigenvalue weighted by Gasteiger charge is -2.08. The molecule has 2 rings (SSSR count). The average molecular weight is 313 g/mol. The Labute approximate surface area is 137 Å². The molecule has 0 radical (unpaired) electrons. The standard InChI is InChI=1S/C18H23N3O2/c1-3-4-11-19-15-7-10-17(20-12-15)21-18(22)13-23-16-8-5-14(2)6-9-16/h5-10,12,19H,3-4,11,13H2,1-2H3,(H,20,21,22). The van der Waals surface area contributed by atoms with Crippen molar-refractivity contribution in [2.45, 2.75) is 26.7 Å². The summed E-state index contributed by atoms with van der Waals surface area (Å²) in [4.78, 5) is 16.1. The molecule has 23 heavy (non-hydrogen) atoms. The highest BCUT2D eigenvalue weighted by Crippen LogP contribution is 2.12. The minimum Gasteiger partial charge on any atom is -0.484 e. The van der Waals surface area contributed by atoms with Gasteiger partial charge in [0.1, 0.15) is 11.6 Å². The highest BCUT2D eigenvalue weighted by atomic mass is 16.5. The number of aryl methyl sites for hydroxylation is 1. The third-order valence-electron chi connectivity index (χ3n) is 3.28. The predicted octanol–water partition coefficient (Wildman–Crippen LogP) is 3.62.